The number of aromatic nitrogens is 4. The van der Waals surface area contributed by atoms with Crippen molar-refractivity contribution in [3.63, 3.8) is 0 Å². The van der Waals surface area contributed by atoms with Gasteiger partial charge in [0.25, 0.3) is 0 Å². The zero-order valence-electron chi connectivity index (χ0n) is 24.5. The highest BCUT2D eigenvalue weighted by Crippen LogP contribution is 2.59. The van der Waals surface area contributed by atoms with E-state index in [1.807, 2.05) is 50.2 Å². The molecule has 1 N–H and O–H groups in total. The lowest BCUT2D eigenvalue weighted by molar-refractivity contribution is -0.140. The minimum Gasteiger partial charge on any atom is -0.496 e. The lowest BCUT2D eigenvalue weighted by Crippen LogP contribution is -2.48. The van der Waals surface area contributed by atoms with E-state index in [4.69, 9.17) is 4.74 Å². The number of piperidine rings is 1. The second kappa shape index (κ2) is 10.3. The van der Waals surface area contributed by atoms with Crippen LogP contribution < -0.4 is 10.1 Å². The number of amides is 2. The van der Waals surface area contributed by atoms with Gasteiger partial charge in [-0.05, 0) is 61.4 Å². The molecule has 10 heteroatoms. The third-order valence-corrected chi connectivity index (χ3v) is 8.64. The molecular weight excluding hydrogens is 532 g/mol. The maximum absolute atomic E-state index is 13.9. The molecule has 0 bridgehead atoms. The van der Waals surface area contributed by atoms with Gasteiger partial charge < -0.3 is 15.0 Å². The first-order valence-corrected chi connectivity index (χ1v) is 14.1. The number of ether oxygens (including phenoxy) is 1. The van der Waals surface area contributed by atoms with Crippen LogP contribution in [-0.2, 0) is 22.7 Å². The minimum absolute atomic E-state index is 0.00959. The zero-order valence-corrected chi connectivity index (χ0v) is 24.5. The first-order chi connectivity index (χ1) is 20.1. The van der Waals surface area contributed by atoms with Gasteiger partial charge in [-0.25, -0.2) is 9.97 Å². The van der Waals surface area contributed by atoms with Crippen LogP contribution in [-0.4, -0.2) is 61.4 Å². The Morgan fingerprint density at radius 2 is 1.81 bits per heavy atom. The smallest absolute Gasteiger partial charge is 0.245 e. The number of likely N-dealkylation sites (tertiary alicyclic amines) is 1. The van der Waals surface area contributed by atoms with E-state index in [2.05, 4.69) is 27.3 Å². The SMILES string of the molecule is COc1ccccc1CNC(=O)[C@@H]1C[C@@]2(C)CC2N1C(=O)Cn1nc(C(C)=O)c2cc(-c3cnc(C)nc3)cc(C)c21. The molecule has 2 aromatic heterocycles. The van der Waals surface area contributed by atoms with Crippen LogP contribution in [0, 0.1) is 19.3 Å². The summed E-state index contributed by atoms with van der Waals surface area (Å²) in [6, 6.07) is 10.9. The predicted molar refractivity (Wildman–Crippen MR) is 157 cm³/mol. The van der Waals surface area contributed by atoms with E-state index >= 15 is 0 Å². The Labute approximate surface area is 244 Å². The Hall–Kier alpha value is -4.60. The van der Waals surface area contributed by atoms with Crippen LogP contribution in [0.4, 0.5) is 0 Å². The number of nitrogens with zero attached hydrogens (tertiary/aromatic N) is 5. The number of hydrogen-bond acceptors (Lipinski definition) is 7. The van der Waals surface area contributed by atoms with Crippen molar-refractivity contribution < 1.29 is 19.1 Å². The van der Waals surface area contributed by atoms with Gasteiger partial charge >= 0.3 is 0 Å². The second-order valence-corrected chi connectivity index (χ2v) is 11.7. The van der Waals surface area contributed by atoms with Crippen LogP contribution in [0.3, 0.4) is 0 Å². The summed E-state index contributed by atoms with van der Waals surface area (Å²) in [5.74, 6) is 0.819. The van der Waals surface area contributed by atoms with Crippen LogP contribution in [0.5, 0.6) is 5.75 Å². The third kappa shape index (κ3) is 4.80. The van der Waals surface area contributed by atoms with Crippen molar-refractivity contribution in [2.75, 3.05) is 7.11 Å². The number of hydrogen-bond donors (Lipinski definition) is 1. The van der Waals surface area contributed by atoms with Crippen molar-refractivity contribution in [1.82, 2.24) is 30.0 Å². The molecule has 0 radical (unpaired) electrons. The molecule has 0 spiro atoms. The number of aryl methyl sites for hydroxylation is 2. The fourth-order valence-corrected chi connectivity index (χ4v) is 6.33. The summed E-state index contributed by atoms with van der Waals surface area (Å²) in [5, 5.41) is 8.30. The topological polar surface area (TPSA) is 119 Å². The highest BCUT2D eigenvalue weighted by atomic mass is 16.5. The highest BCUT2D eigenvalue weighted by molar-refractivity contribution is 6.07. The quantitative estimate of drug-likeness (QED) is 0.320. The van der Waals surface area contributed by atoms with Gasteiger partial charge in [0, 0.05) is 48.4 Å². The number of ketones is 1. The number of nitrogens with one attached hydrogen (secondary N) is 1. The zero-order chi connectivity index (χ0) is 29.8. The molecule has 2 aromatic carbocycles. The molecule has 3 atom stereocenters. The Bertz CT molecular complexity index is 1730. The Balaban J connectivity index is 1.27. The van der Waals surface area contributed by atoms with Gasteiger partial charge in [-0.1, -0.05) is 25.1 Å². The van der Waals surface area contributed by atoms with Gasteiger partial charge in [0.2, 0.25) is 11.8 Å². The number of fused-ring (bicyclic) bond motifs is 2. The van der Waals surface area contributed by atoms with E-state index in [1.54, 1.807) is 29.1 Å². The number of para-hydroxylation sites is 1. The number of Topliss-reactive ketones (excluding diaryl/α,β-unsaturated/α-hetero) is 1. The van der Waals surface area contributed by atoms with E-state index in [9.17, 15) is 14.4 Å². The summed E-state index contributed by atoms with van der Waals surface area (Å²) in [7, 11) is 1.60. The largest absolute Gasteiger partial charge is 0.496 e. The van der Waals surface area contributed by atoms with Crippen molar-refractivity contribution in [1.29, 1.82) is 0 Å². The summed E-state index contributed by atoms with van der Waals surface area (Å²) in [5.41, 5.74) is 4.40. The summed E-state index contributed by atoms with van der Waals surface area (Å²) in [4.78, 5) is 50.3. The number of carbonyl (C=O) groups is 3. The number of rotatable bonds is 8. The minimum atomic E-state index is -0.570. The molecule has 6 rings (SSSR count). The van der Waals surface area contributed by atoms with Gasteiger partial charge in [0.15, 0.2) is 5.78 Å². The summed E-state index contributed by atoms with van der Waals surface area (Å²) >= 11 is 0. The molecule has 1 saturated carbocycles. The average molecular weight is 567 g/mol. The Morgan fingerprint density at radius 1 is 1.07 bits per heavy atom. The second-order valence-electron chi connectivity index (χ2n) is 11.7. The molecule has 42 heavy (non-hydrogen) atoms. The molecule has 1 aliphatic heterocycles. The summed E-state index contributed by atoms with van der Waals surface area (Å²) in [6.45, 7) is 7.61. The number of benzene rings is 2. The molecule has 216 valence electrons. The van der Waals surface area contributed by atoms with Crippen LogP contribution in [0.2, 0.25) is 0 Å². The van der Waals surface area contributed by atoms with Crippen molar-refractivity contribution in [2.45, 2.75) is 65.7 Å². The first kappa shape index (κ1) is 27.6. The van der Waals surface area contributed by atoms with Gasteiger partial charge in [-0.3, -0.25) is 19.1 Å². The van der Waals surface area contributed by atoms with Crippen LogP contribution in [0.1, 0.15) is 54.1 Å². The molecule has 1 aliphatic carbocycles. The molecule has 3 heterocycles. The maximum Gasteiger partial charge on any atom is 0.245 e. The number of carbonyl (C=O) groups excluding carboxylic acids is 3. The molecule has 1 saturated heterocycles. The molecule has 1 unspecified atom stereocenters. The van der Waals surface area contributed by atoms with E-state index in [0.717, 1.165) is 34.2 Å². The van der Waals surface area contributed by atoms with Crippen molar-refractivity contribution >= 4 is 28.5 Å². The molecule has 2 aliphatic rings. The Kier molecular flexibility index (Phi) is 6.79. The standard InChI is InChI=1S/C32H34N6O4/c1-18-10-22(23-15-33-20(3)34-16-23)11-24-29(19(2)39)36-37(30(18)24)17-28(40)38-25(12-32(4)13-27(32)38)31(41)35-14-21-8-6-7-9-26(21)42-5/h6-11,15-16,25,27H,12-14,17H2,1-5H3,(H,35,41)/t25-,27?,32-/m0/s1. The number of methoxy groups -OCH3 is 1. The van der Waals surface area contributed by atoms with Crippen LogP contribution in [0.15, 0.2) is 48.8 Å². The summed E-state index contributed by atoms with van der Waals surface area (Å²) < 4.78 is 7.03. The molecule has 10 nitrogen and oxygen atoms in total. The van der Waals surface area contributed by atoms with Crippen LogP contribution in [0.25, 0.3) is 22.0 Å². The first-order valence-electron chi connectivity index (χ1n) is 14.1. The molecule has 2 fully saturated rings. The van der Waals surface area contributed by atoms with Crippen LogP contribution >= 0.6 is 0 Å². The average Bonchev–Trinajstić information content (AvgIpc) is 3.32. The van der Waals surface area contributed by atoms with Gasteiger partial charge in [0.1, 0.15) is 29.9 Å². The molecule has 2 amide bonds. The predicted octanol–water partition coefficient (Wildman–Crippen LogP) is 4.02. The fraction of sp³-hybridized carbons (Fsp3) is 0.375. The summed E-state index contributed by atoms with van der Waals surface area (Å²) in [6.07, 6.45) is 4.99. The highest BCUT2D eigenvalue weighted by Gasteiger charge is 2.64. The van der Waals surface area contributed by atoms with E-state index in [-0.39, 0.29) is 35.6 Å². The molecular formula is C32H34N6O4. The van der Waals surface area contributed by atoms with Crippen molar-refractivity contribution in [3.05, 3.63) is 71.4 Å². The lowest BCUT2D eigenvalue weighted by atomic mass is 10.0. The maximum atomic E-state index is 13.9. The fourth-order valence-electron chi connectivity index (χ4n) is 6.33. The van der Waals surface area contributed by atoms with Gasteiger partial charge in [-0.15, -0.1) is 0 Å². The van der Waals surface area contributed by atoms with Crippen molar-refractivity contribution in [3.8, 4) is 16.9 Å². The van der Waals surface area contributed by atoms with Crippen molar-refractivity contribution in [2.24, 2.45) is 5.41 Å². The van der Waals surface area contributed by atoms with Gasteiger partial charge in [0.05, 0.1) is 12.6 Å². The monoisotopic (exact) mass is 566 g/mol. The van der Waals surface area contributed by atoms with E-state index < -0.39 is 6.04 Å². The molecule has 4 aromatic rings. The normalized spacial score (nSPS) is 20.8. The third-order valence-electron chi connectivity index (χ3n) is 8.64. The lowest BCUT2D eigenvalue weighted by Gasteiger charge is -2.27. The Morgan fingerprint density at radius 3 is 2.52 bits per heavy atom. The van der Waals surface area contributed by atoms with E-state index in [1.165, 1.54) is 6.92 Å². The van der Waals surface area contributed by atoms with E-state index in [0.29, 0.717) is 35.6 Å². The van der Waals surface area contributed by atoms with Gasteiger partial charge in [-0.2, -0.15) is 5.10 Å².